The number of benzene rings is 2. The zero-order chi connectivity index (χ0) is 14.9. The molecule has 0 aliphatic carbocycles. The molecule has 20 heavy (non-hydrogen) atoms. The Morgan fingerprint density at radius 2 is 1.85 bits per heavy atom. The first-order chi connectivity index (χ1) is 9.31. The molecule has 1 N–H and O–H groups in total. The summed E-state index contributed by atoms with van der Waals surface area (Å²) in [7, 11) is -3.67. The van der Waals surface area contributed by atoms with Crippen molar-refractivity contribution in [3.05, 3.63) is 57.0 Å². The smallest absolute Gasteiger partial charge is 0.262 e. The summed E-state index contributed by atoms with van der Waals surface area (Å²) in [5.74, 6) is 0. The molecule has 0 bridgehead atoms. The van der Waals surface area contributed by atoms with Gasteiger partial charge in [0.05, 0.1) is 10.6 Å². The summed E-state index contributed by atoms with van der Waals surface area (Å²) in [5.41, 5.74) is 2.07. The first-order valence-electron chi connectivity index (χ1n) is 5.85. The third-order valence-electron chi connectivity index (χ3n) is 2.88. The summed E-state index contributed by atoms with van der Waals surface area (Å²) in [5, 5.41) is 0.427. The Bertz CT molecular complexity index is 760. The zero-order valence-corrected chi connectivity index (χ0v) is 14.1. The number of halogens is 2. The van der Waals surface area contributed by atoms with E-state index in [1.54, 1.807) is 25.1 Å². The Kier molecular flexibility index (Phi) is 4.42. The Morgan fingerprint density at radius 1 is 1.15 bits per heavy atom. The van der Waals surface area contributed by atoms with Gasteiger partial charge in [-0.3, -0.25) is 4.72 Å². The Balaban J connectivity index is 2.44. The van der Waals surface area contributed by atoms with Crippen LogP contribution in [0.2, 0.25) is 5.02 Å². The topological polar surface area (TPSA) is 46.2 Å². The maximum Gasteiger partial charge on any atom is 0.262 e. The van der Waals surface area contributed by atoms with Crippen LogP contribution in [0.25, 0.3) is 0 Å². The molecule has 2 rings (SSSR count). The minimum absolute atomic E-state index is 0.178. The average molecular weight is 375 g/mol. The van der Waals surface area contributed by atoms with Crippen molar-refractivity contribution in [3.63, 3.8) is 0 Å². The molecule has 0 aromatic heterocycles. The summed E-state index contributed by atoms with van der Waals surface area (Å²) in [6, 6.07) is 10.2. The van der Waals surface area contributed by atoms with E-state index >= 15 is 0 Å². The van der Waals surface area contributed by atoms with Gasteiger partial charge in [0.25, 0.3) is 10.0 Å². The van der Waals surface area contributed by atoms with E-state index in [2.05, 4.69) is 20.7 Å². The van der Waals surface area contributed by atoms with E-state index in [9.17, 15) is 8.42 Å². The van der Waals surface area contributed by atoms with Gasteiger partial charge >= 0.3 is 0 Å². The van der Waals surface area contributed by atoms with Crippen LogP contribution in [0.3, 0.4) is 0 Å². The van der Waals surface area contributed by atoms with Gasteiger partial charge in [-0.05, 0) is 65.2 Å². The number of hydrogen-bond donors (Lipinski definition) is 1. The molecule has 106 valence electrons. The van der Waals surface area contributed by atoms with Crippen LogP contribution in [0.1, 0.15) is 11.1 Å². The molecular weight excluding hydrogens is 362 g/mol. The van der Waals surface area contributed by atoms with E-state index in [0.717, 1.165) is 5.56 Å². The van der Waals surface area contributed by atoms with E-state index in [4.69, 9.17) is 11.6 Å². The van der Waals surface area contributed by atoms with Crippen molar-refractivity contribution in [2.24, 2.45) is 0 Å². The summed E-state index contributed by atoms with van der Waals surface area (Å²) >= 11 is 9.33. The third-order valence-corrected chi connectivity index (χ3v) is 5.45. The molecule has 0 spiro atoms. The summed E-state index contributed by atoms with van der Waals surface area (Å²) in [6.45, 7) is 3.62. The van der Waals surface area contributed by atoms with Crippen LogP contribution in [0.15, 0.2) is 45.8 Å². The second-order valence-corrected chi connectivity index (χ2v) is 7.36. The third kappa shape index (κ3) is 3.16. The molecule has 3 nitrogen and oxygen atoms in total. The van der Waals surface area contributed by atoms with Crippen molar-refractivity contribution < 1.29 is 8.42 Å². The predicted molar refractivity (Wildman–Crippen MR) is 85.9 cm³/mol. The molecular formula is C14H13BrClNO2S. The highest BCUT2D eigenvalue weighted by Crippen LogP contribution is 2.28. The minimum Gasteiger partial charge on any atom is -0.278 e. The fourth-order valence-corrected chi connectivity index (χ4v) is 4.08. The Hall–Kier alpha value is -1.04. The highest BCUT2D eigenvalue weighted by atomic mass is 79.9. The lowest BCUT2D eigenvalue weighted by atomic mass is 10.2. The van der Waals surface area contributed by atoms with Crippen LogP contribution < -0.4 is 4.72 Å². The van der Waals surface area contributed by atoms with Crippen molar-refractivity contribution in [2.75, 3.05) is 4.72 Å². The normalized spacial score (nSPS) is 11.4. The van der Waals surface area contributed by atoms with Crippen LogP contribution in [-0.4, -0.2) is 8.42 Å². The number of anilines is 1. The maximum atomic E-state index is 12.4. The largest absolute Gasteiger partial charge is 0.278 e. The highest BCUT2D eigenvalue weighted by molar-refractivity contribution is 9.10. The van der Waals surface area contributed by atoms with Gasteiger partial charge in [0.1, 0.15) is 0 Å². The molecule has 0 saturated carbocycles. The number of sulfonamides is 1. The second kappa shape index (κ2) is 5.76. The lowest BCUT2D eigenvalue weighted by Gasteiger charge is -2.12. The highest BCUT2D eigenvalue weighted by Gasteiger charge is 2.19. The lowest BCUT2D eigenvalue weighted by molar-refractivity contribution is 0.600. The van der Waals surface area contributed by atoms with Crippen LogP contribution in [0.5, 0.6) is 0 Å². The quantitative estimate of drug-likeness (QED) is 0.858. The molecule has 6 heteroatoms. The molecule has 0 radical (unpaired) electrons. The van der Waals surface area contributed by atoms with E-state index in [1.165, 1.54) is 6.07 Å². The number of rotatable bonds is 3. The molecule has 0 aliphatic heterocycles. The van der Waals surface area contributed by atoms with Gasteiger partial charge in [-0.25, -0.2) is 8.42 Å². The van der Waals surface area contributed by atoms with Crippen molar-refractivity contribution in [1.29, 1.82) is 0 Å². The number of nitrogens with one attached hydrogen (secondary N) is 1. The molecule has 2 aromatic rings. The molecule has 2 aromatic carbocycles. The van der Waals surface area contributed by atoms with E-state index in [0.29, 0.717) is 20.7 Å². The lowest BCUT2D eigenvalue weighted by Crippen LogP contribution is -2.14. The molecule has 0 unspecified atom stereocenters. The van der Waals surface area contributed by atoms with Crippen molar-refractivity contribution >= 4 is 43.2 Å². The van der Waals surface area contributed by atoms with Gasteiger partial charge in [0.15, 0.2) is 0 Å². The standard InChI is InChI=1S/C14H13BrClNO2S/c1-9-6-7-13(11(15)8-9)17-20(18,19)14-5-3-4-12(16)10(14)2/h3-8,17H,1-2H3. The maximum absolute atomic E-state index is 12.4. The fraction of sp³-hybridized carbons (Fsp3) is 0.143. The van der Waals surface area contributed by atoms with E-state index in [1.807, 2.05) is 19.1 Å². The molecule has 0 atom stereocenters. The van der Waals surface area contributed by atoms with Gasteiger partial charge in [-0.2, -0.15) is 0 Å². The molecule has 0 aliphatic rings. The molecule has 0 fully saturated rings. The minimum atomic E-state index is -3.67. The Morgan fingerprint density at radius 3 is 2.50 bits per heavy atom. The van der Waals surface area contributed by atoms with Gasteiger partial charge in [-0.15, -0.1) is 0 Å². The van der Waals surface area contributed by atoms with Crippen LogP contribution >= 0.6 is 27.5 Å². The first kappa shape index (κ1) is 15.4. The second-order valence-electron chi connectivity index (χ2n) is 4.45. The predicted octanol–water partition coefficient (Wildman–Crippen LogP) is 4.52. The van der Waals surface area contributed by atoms with Crippen LogP contribution in [0, 0.1) is 13.8 Å². The molecule has 0 amide bonds. The van der Waals surface area contributed by atoms with Crippen LogP contribution in [-0.2, 0) is 10.0 Å². The summed E-state index contributed by atoms with van der Waals surface area (Å²) in [4.78, 5) is 0.178. The number of aryl methyl sites for hydroxylation is 1. The van der Waals surface area contributed by atoms with Crippen molar-refractivity contribution in [3.8, 4) is 0 Å². The van der Waals surface area contributed by atoms with Crippen molar-refractivity contribution in [2.45, 2.75) is 18.7 Å². The SMILES string of the molecule is Cc1ccc(NS(=O)(=O)c2cccc(Cl)c2C)c(Br)c1. The fourth-order valence-electron chi connectivity index (χ4n) is 1.78. The molecule has 0 heterocycles. The average Bonchev–Trinajstić information content (AvgIpc) is 2.36. The summed E-state index contributed by atoms with van der Waals surface area (Å²) < 4.78 is 28.1. The van der Waals surface area contributed by atoms with Gasteiger partial charge in [0.2, 0.25) is 0 Å². The van der Waals surface area contributed by atoms with Crippen molar-refractivity contribution in [1.82, 2.24) is 0 Å². The number of hydrogen-bond acceptors (Lipinski definition) is 2. The van der Waals surface area contributed by atoms with E-state index in [-0.39, 0.29) is 4.90 Å². The van der Waals surface area contributed by atoms with E-state index < -0.39 is 10.0 Å². The van der Waals surface area contributed by atoms with Gasteiger partial charge < -0.3 is 0 Å². The van der Waals surface area contributed by atoms with Crippen LogP contribution in [0.4, 0.5) is 5.69 Å². The van der Waals surface area contributed by atoms with Gasteiger partial charge in [0, 0.05) is 9.50 Å². The monoisotopic (exact) mass is 373 g/mol. The van der Waals surface area contributed by atoms with Gasteiger partial charge in [-0.1, -0.05) is 23.7 Å². The first-order valence-corrected chi connectivity index (χ1v) is 8.51. The Labute approximate surface area is 132 Å². The zero-order valence-electron chi connectivity index (χ0n) is 10.9. The molecule has 0 saturated heterocycles. The summed E-state index contributed by atoms with van der Waals surface area (Å²) in [6.07, 6.45) is 0.